The summed E-state index contributed by atoms with van der Waals surface area (Å²) in [5.74, 6) is -2.90. The molecule has 0 radical (unpaired) electrons. The van der Waals surface area contributed by atoms with Crippen LogP contribution in [0.3, 0.4) is 0 Å². The average Bonchev–Trinajstić information content (AvgIpc) is 2.58. The Kier molecular flexibility index (Phi) is 6.80. The van der Waals surface area contributed by atoms with E-state index in [0.717, 1.165) is 0 Å². The van der Waals surface area contributed by atoms with Gasteiger partial charge in [-0.3, -0.25) is 9.59 Å². The quantitative estimate of drug-likeness (QED) is 0.502. The zero-order valence-corrected chi connectivity index (χ0v) is 14.9. The van der Waals surface area contributed by atoms with E-state index in [1.807, 2.05) is 0 Å². The lowest BCUT2D eigenvalue weighted by Gasteiger charge is -2.23. The molecule has 0 aromatic carbocycles. The minimum Gasteiger partial charge on any atom is -0.467 e. The van der Waals surface area contributed by atoms with E-state index in [2.05, 4.69) is 20.1 Å². The lowest BCUT2D eigenvalue weighted by molar-refractivity contribution is -0.143. The molecule has 0 amide bonds. The van der Waals surface area contributed by atoms with Gasteiger partial charge >= 0.3 is 11.9 Å². The Morgan fingerprint density at radius 2 is 1.12 bits per heavy atom. The van der Waals surface area contributed by atoms with E-state index in [-0.39, 0.29) is 11.4 Å². The number of hydrogen-bond donors (Lipinski definition) is 2. The van der Waals surface area contributed by atoms with Crippen LogP contribution < -0.4 is 10.6 Å². The maximum absolute atomic E-state index is 12.3. The van der Waals surface area contributed by atoms with E-state index in [4.69, 9.17) is 23.2 Å². The summed E-state index contributed by atoms with van der Waals surface area (Å²) in [6.07, 6.45) is 0. The predicted octanol–water partition coefficient (Wildman–Crippen LogP) is 0.341. The van der Waals surface area contributed by atoms with Gasteiger partial charge in [0.2, 0.25) is 11.6 Å². The van der Waals surface area contributed by atoms with Gasteiger partial charge in [-0.25, -0.2) is 9.59 Å². The molecule has 0 heterocycles. The normalized spacial score (nSPS) is 17.4. The number of halogens is 2. The summed E-state index contributed by atoms with van der Waals surface area (Å²) >= 11 is 11.8. The number of hydrogen-bond acceptors (Lipinski definition) is 8. The van der Waals surface area contributed by atoms with Gasteiger partial charge < -0.3 is 20.1 Å². The maximum Gasteiger partial charge on any atom is 0.327 e. The van der Waals surface area contributed by atoms with Crippen molar-refractivity contribution in [1.82, 2.24) is 10.6 Å². The summed E-state index contributed by atoms with van der Waals surface area (Å²) in [4.78, 5) is 47.5. The van der Waals surface area contributed by atoms with Crippen molar-refractivity contribution in [3.63, 3.8) is 0 Å². The Morgan fingerprint density at radius 3 is 1.38 bits per heavy atom. The van der Waals surface area contributed by atoms with Crippen molar-refractivity contribution in [2.45, 2.75) is 25.9 Å². The smallest absolute Gasteiger partial charge is 0.327 e. The monoisotopic (exact) mass is 378 g/mol. The number of rotatable bonds is 6. The van der Waals surface area contributed by atoms with Crippen LogP contribution in [0.2, 0.25) is 0 Å². The van der Waals surface area contributed by atoms with Crippen LogP contribution in [0.5, 0.6) is 0 Å². The van der Waals surface area contributed by atoms with Crippen molar-refractivity contribution in [2.75, 3.05) is 14.2 Å². The summed E-state index contributed by atoms with van der Waals surface area (Å²) in [5, 5.41) is 4.09. The van der Waals surface area contributed by atoms with Gasteiger partial charge in [0.15, 0.2) is 0 Å². The van der Waals surface area contributed by atoms with E-state index < -0.39 is 45.7 Å². The topological polar surface area (TPSA) is 111 Å². The Morgan fingerprint density at radius 1 is 0.833 bits per heavy atom. The highest BCUT2D eigenvalue weighted by atomic mass is 35.5. The first-order valence-electron chi connectivity index (χ1n) is 6.73. The molecule has 1 aliphatic rings. The van der Waals surface area contributed by atoms with Crippen LogP contribution in [-0.4, -0.2) is 49.8 Å². The lowest BCUT2D eigenvalue weighted by Crippen LogP contribution is -2.43. The van der Waals surface area contributed by atoms with Crippen LogP contribution in [0.25, 0.3) is 0 Å². The molecule has 0 unspecified atom stereocenters. The molecule has 0 bridgehead atoms. The third-order valence-corrected chi connectivity index (χ3v) is 3.84. The van der Waals surface area contributed by atoms with Gasteiger partial charge in [-0.05, 0) is 13.8 Å². The molecule has 0 saturated heterocycles. The van der Waals surface area contributed by atoms with Crippen LogP contribution in [0.4, 0.5) is 0 Å². The first kappa shape index (κ1) is 20.0. The van der Waals surface area contributed by atoms with E-state index in [1.165, 1.54) is 28.1 Å². The Labute approximate surface area is 148 Å². The number of ketones is 2. The average molecular weight is 379 g/mol. The Balaban J connectivity index is 3.09. The highest BCUT2D eigenvalue weighted by Gasteiger charge is 2.36. The summed E-state index contributed by atoms with van der Waals surface area (Å²) in [6, 6.07) is -1.85. The Hall–Kier alpha value is -2.06. The fourth-order valence-electron chi connectivity index (χ4n) is 1.81. The van der Waals surface area contributed by atoms with Crippen molar-refractivity contribution in [2.24, 2.45) is 0 Å². The highest BCUT2D eigenvalue weighted by Crippen LogP contribution is 2.27. The van der Waals surface area contributed by atoms with Crippen molar-refractivity contribution in [1.29, 1.82) is 0 Å². The minimum absolute atomic E-state index is 0.319. The molecule has 10 heteroatoms. The molecule has 0 aromatic rings. The number of carbonyl (C=O) groups excluding carboxylic acids is 4. The van der Waals surface area contributed by atoms with Crippen LogP contribution in [-0.2, 0) is 28.7 Å². The molecule has 0 aliphatic heterocycles. The van der Waals surface area contributed by atoms with Gasteiger partial charge in [-0.1, -0.05) is 23.2 Å². The van der Waals surface area contributed by atoms with Gasteiger partial charge in [0.1, 0.15) is 33.5 Å². The summed E-state index contributed by atoms with van der Waals surface area (Å²) in [5.41, 5.74) is -0.637. The maximum atomic E-state index is 12.3. The zero-order chi connectivity index (χ0) is 18.6. The number of carbonyl (C=O) groups is 4. The predicted molar refractivity (Wildman–Crippen MR) is 85.0 cm³/mol. The van der Waals surface area contributed by atoms with Crippen molar-refractivity contribution >= 4 is 46.7 Å². The third kappa shape index (κ3) is 4.07. The molecule has 1 aliphatic carbocycles. The Bertz CT molecular complexity index is 600. The molecule has 8 nitrogen and oxygen atoms in total. The third-order valence-electron chi connectivity index (χ3n) is 3.12. The van der Waals surface area contributed by atoms with E-state index in [9.17, 15) is 19.2 Å². The van der Waals surface area contributed by atoms with Crippen molar-refractivity contribution < 1.29 is 28.7 Å². The zero-order valence-electron chi connectivity index (χ0n) is 13.4. The number of allylic oxidation sites excluding steroid dienone is 2. The van der Waals surface area contributed by atoms with Crippen molar-refractivity contribution in [3.05, 3.63) is 21.5 Å². The molecule has 24 heavy (non-hydrogen) atoms. The molecular weight excluding hydrogens is 363 g/mol. The molecule has 2 N–H and O–H groups in total. The molecular formula is C14H16Cl2N2O6. The molecule has 0 aromatic heterocycles. The second-order valence-electron chi connectivity index (χ2n) is 4.81. The van der Waals surface area contributed by atoms with Gasteiger partial charge in [-0.2, -0.15) is 0 Å². The number of methoxy groups -OCH3 is 2. The molecule has 0 fully saturated rings. The number of esters is 2. The van der Waals surface area contributed by atoms with E-state index in [1.54, 1.807) is 0 Å². The number of Topliss-reactive ketones (excluding diaryl/α,β-unsaturated/α-hetero) is 2. The van der Waals surface area contributed by atoms with Crippen LogP contribution >= 0.6 is 23.2 Å². The SMILES string of the molecule is COC(=O)[C@H](C)NC1=C(Cl)C(=O)C(N[C@@H](C)C(=O)OC)=C(Cl)C1=O. The van der Waals surface area contributed by atoms with Crippen LogP contribution in [0.1, 0.15) is 13.8 Å². The van der Waals surface area contributed by atoms with Crippen LogP contribution in [0.15, 0.2) is 21.5 Å². The van der Waals surface area contributed by atoms with Crippen LogP contribution in [0, 0.1) is 0 Å². The summed E-state index contributed by atoms with van der Waals surface area (Å²) < 4.78 is 9.04. The molecule has 2 atom stereocenters. The molecule has 132 valence electrons. The standard InChI is InChI=1S/C14H16Cl2N2O6/c1-5(13(21)23-3)17-9-7(15)12(20)10(8(16)11(9)19)18-6(2)14(22)24-4/h5-6,17-18H,1-4H3/t5-,6-/m0/s1. The number of ether oxygens (including phenoxy) is 2. The van der Waals surface area contributed by atoms with Gasteiger partial charge in [0, 0.05) is 0 Å². The van der Waals surface area contributed by atoms with Gasteiger partial charge in [-0.15, -0.1) is 0 Å². The molecule has 1 rings (SSSR count). The largest absolute Gasteiger partial charge is 0.467 e. The van der Waals surface area contributed by atoms with Crippen molar-refractivity contribution in [3.8, 4) is 0 Å². The van der Waals surface area contributed by atoms with Gasteiger partial charge in [0.25, 0.3) is 0 Å². The van der Waals surface area contributed by atoms with Gasteiger partial charge in [0.05, 0.1) is 14.2 Å². The summed E-state index contributed by atoms with van der Waals surface area (Å²) in [6.45, 7) is 2.84. The van der Waals surface area contributed by atoms with E-state index in [0.29, 0.717) is 0 Å². The first-order valence-corrected chi connectivity index (χ1v) is 7.48. The number of nitrogens with one attached hydrogen (secondary N) is 2. The molecule has 0 spiro atoms. The fraction of sp³-hybridized carbons (Fsp3) is 0.429. The second-order valence-corrected chi connectivity index (χ2v) is 5.57. The fourth-order valence-corrected chi connectivity index (χ4v) is 2.28. The van der Waals surface area contributed by atoms with E-state index >= 15 is 0 Å². The minimum atomic E-state index is -0.927. The highest BCUT2D eigenvalue weighted by molar-refractivity contribution is 6.56. The lowest BCUT2D eigenvalue weighted by atomic mass is 10.0. The first-order chi connectivity index (χ1) is 11.1. The second kappa shape index (κ2) is 8.16. The summed E-state index contributed by atoms with van der Waals surface area (Å²) in [7, 11) is 2.35. The molecule has 0 saturated carbocycles.